The molecule has 0 atom stereocenters. The van der Waals surface area contributed by atoms with Gasteiger partial charge in [-0.2, -0.15) is 0 Å². The number of carbonyl (C=O) groups excluding carboxylic acids is 1. The van der Waals surface area contributed by atoms with Crippen LogP contribution in [0.2, 0.25) is 0 Å². The van der Waals surface area contributed by atoms with Crippen LogP contribution in [0.3, 0.4) is 0 Å². The summed E-state index contributed by atoms with van der Waals surface area (Å²) in [6.45, 7) is 0.557. The third kappa shape index (κ3) is 1.99. The zero-order valence-corrected chi connectivity index (χ0v) is 8.24. The molecule has 1 aromatic rings. The van der Waals surface area contributed by atoms with Crippen molar-refractivity contribution in [2.75, 3.05) is 13.2 Å². The van der Waals surface area contributed by atoms with E-state index in [9.17, 15) is 9.18 Å². The summed E-state index contributed by atoms with van der Waals surface area (Å²) in [7, 11) is 0. The molecule has 2 rings (SSSR count). The van der Waals surface area contributed by atoms with E-state index in [-0.39, 0.29) is 11.7 Å². The normalized spacial score (nSPS) is 14.9. The lowest BCUT2D eigenvalue weighted by atomic mass is 10.00. The van der Waals surface area contributed by atoms with Crippen molar-refractivity contribution in [1.29, 1.82) is 0 Å². The van der Waals surface area contributed by atoms with Crippen molar-refractivity contribution in [1.82, 2.24) is 4.90 Å². The van der Waals surface area contributed by atoms with Gasteiger partial charge in [0, 0.05) is 13.1 Å². The maximum absolute atomic E-state index is 12.9. The first-order valence-corrected chi connectivity index (χ1v) is 4.86. The molecule has 0 aliphatic carbocycles. The summed E-state index contributed by atoms with van der Waals surface area (Å²) in [5.41, 5.74) is 1.92. The average molecular weight is 209 g/mol. The monoisotopic (exact) mass is 209 g/mol. The SMILES string of the molecule is O=C(CO)N1CCc2cc(F)ccc2C1. The fourth-order valence-corrected chi connectivity index (χ4v) is 1.83. The Bertz CT molecular complexity index is 392. The van der Waals surface area contributed by atoms with Gasteiger partial charge in [-0.15, -0.1) is 0 Å². The topological polar surface area (TPSA) is 40.5 Å². The standard InChI is InChI=1S/C11H12FNO2/c12-10-2-1-9-6-13(11(15)7-14)4-3-8(9)5-10/h1-2,5,14H,3-4,6-7H2. The van der Waals surface area contributed by atoms with Crippen molar-refractivity contribution in [2.45, 2.75) is 13.0 Å². The smallest absolute Gasteiger partial charge is 0.248 e. The molecule has 0 unspecified atom stereocenters. The van der Waals surface area contributed by atoms with E-state index >= 15 is 0 Å². The van der Waals surface area contributed by atoms with Crippen molar-refractivity contribution in [3.05, 3.63) is 35.1 Å². The van der Waals surface area contributed by atoms with Crippen LogP contribution in [0.1, 0.15) is 11.1 Å². The Hall–Kier alpha value is -1.42. The van der Waals surface area contributed by atoms with Crippen LogP contribution < -0.4 is 0 Å². The van der Waals surface area contributed by atoms with E-state index in [1.54, 1.807) is 11.0 Å². The van der Waals surface area contributed by atoms with E-state index < -0.39 is 6.61 Å². The summed E-state index contributed by atoms with van der Waals surface area (Å²) < 4.78 is 12.9. The second-order valence-corrected chi connectivity index (χ2v) is 3.64. The van der Waals surface area contributed by atoms with Crippen LogP contribution in [0.4, 0.5) is 4.39 Å². The van der Waals surface area contributed by atoms with E-state index in [0.29, 0.717) is 19.5 Å². The number of carbonyl (C=O) groups is 1. The maximum Gasteiger partial charge on any atom is 0.248 e. The van der Waals surface area contributed by atoms with Crippen LogP contribution in [-0.2, 0) is 17.8 Å². The summed E-state index contributed by atoms with van der Waals surface area (Å²) in [5, 5.41) is 8.73. The molecule has 1 aliphatic heterocycles. The van der Waals surface area contributed by atoms with Crippen molar-refractivity contribution < 1.29 is 14.3 Å². The van der Waals surface area contributed by atoms with Crippen LogP contribution in [0.15, 0.2) is 18.2 Å². The number of hydrogen-bond donors (Lipinski definition) is 1. The number of aliphatic hydroxyl groups excluding tert-OH is 1. The molecule has 0 fully saturated rings. The molecule has 15 heavy (non-hydrogen) atoms. The minimum atomic E-state index is -0.462. The summed E-state index contributed by atoms with van der Waals surface area (Å²) in [4.78, 5) is 12.8. The lowest BCUT2D eigenvalue weighted by Gasteiger charge is -2.28. The lowest BCUT2D eigenvalue weighted by Crippen LogP contribution is -2.37. The fraction of sp³-hybridized carbons (Fsp3) is 0.364. The fourth-order valence-electron chi connectivity index (χ4n) is 1.83. The van der Waals surface area contributed by atoms with Crippen molar-refractivity contribution >= 4 is 5.91 Å². The molecule has 4 heteroatoms. The van der Waals surface area contributed by atoms with Gasteiger partial charge in [-0.3, -0.25) is 4.79 Å². The zero-order chi connectivity index (χ0) is 10.8. The van der Waals surface area contributed by atoms with Gasteiger partial charge in [0.15, 0.2) is 0 Å². The molecule has 1 amide bonds. The van der Waals surface area contributed by atoms with E-state index in [4.69, 9.17) is 5.11 Å². The van der Waals surface area contributed by atoms with Crippen LogP contribution in [0, 0.1) is 5.82 Å². The number of fused-ring (bicyclic) bond motifs is 1. The number of halogens is 1. The molecule has 1 heterocycles. The Morgan fingerprint density at radius 3 is 3.00 bits per heavy atom. The third-order valence-corrected chi connectivity index (χ3v) is 2.67. The minimum absolute atomic E-state index is 0.240. The molecule has 1 aromatic carbocycles. The van der Waals surface area contributed by atoms with E-state index in [2.05, 4.69) is 0 Å². The average Bonchev–Trinajstić information content (AvgIpc) is 2.27. The van der Waals surface area contributed by atoms with Crippen molar-refractivity contribution in [3.8, 4) is 0 Å². The molecular formula is C11H12FNO2. The summed E-state index contributed by atoms with van der Waals surface area (Å²) in [6.07, 6.45) is 0.652. The van der Waals surface area contributed by atoms with E-state index in [1.165, 1.54) is 12.1 Å². The highest BCUT2D eigenvalue weighted by atomic mass is 19.1. The number of nitrogens with zero attached hydrogens (tertiary/aromatic N) is 1. The van der Waals surface area contributed by atoms with Crippen LogP contribution in [0.25, 0.3) is 0 Å². The molecule has 0 aromatic heterocycles. The van der Waals surface area contributed by atoms with Gasteiger partial charge in [0.25, 0.3) is 0 Å². The van der Waals surface area contributed by atoms with Crippen molar-refractivity contribution in [3.63, 3.8) is 0 Å². The summed E-state index contributed by atoms with van der Waals surface area (Å²) in [5.74, 6) is -0.513. The molecular weight excluding hydrogens is 197 g/mol. The number of aliphatic hydroxyl groups is 1. The first kappa shape index (κ1) is 10.1. The predicted molar refractivity (Wildman–Crippen MR) is 52.6 cm³/mol. The third-order valence-electron chi connectivity index (χ3n) is 2.67. The maximum atomic E-state index is 12.9. The molecule has 0 saturated heterocycles. The summed E-state index contributed by atoms with van der Waals surface area (Å²) in [6, 6.07) is 4.60. The highest BCUT2D eigenvalue weighted by Crippen LogP contribution is 2.19. The van der Waals surface area contributed by atoms with E-state index in [0.717, 1.165) is 11.1 Å². The van der Waals surface area contributed by atoms with Gasteiger partial charge >= 0.3 is 0 Å². The zero-order valence-electron chi connectivity index (χ0n) is 8.24. The first-order chi connectivity index (χ1) is 7.20. The molecule has 80 valence electrons. The highest BCUT2D eigenvalue weighted by Gasteiger charge is 2.19. The van der Waals surface area contributed by atoms with Crippen LogP contribution in [-0.4, -0.2) is 29.1 Å². The Kier molecular flexibility index (Phi) is 2.68. The molecule has 0 bridgehead atoms. The van der Waals surface area contributed by atoms with Crippen LogP contribution >= 0.6 is 0 Å². The molecule has 3 nitrogen and oxygen atoms in total. The van der Waals surface area contributed by atoms with Gasteiger partial charge in [0.1, 0.15) is 12.4 Å². The molecule has 1 N–H and O–H groups in total. The van der Waals surface area contributed by atoms with Gasteiger partial charge in [-0.25, -0.2) is 4.39 Å². The lowest BCUT2D eigenvalue weighted by molar-refractivity contribution is -0.135. The minimum Gasteiger partial charge on any atom is -0.387 e. The second-order valence-electron chi connectivity index (χ2n) is 3.64. The molecule has 0 spiro atoms. The number of hydrogen-bond acceptors (Lipinski definition) is 2. The Morgan fingerprint density at radius 1 is 1.47 bits per heavy atom. The molecule has 0 saturated carbocycles. The number of amides is 1. The van der Waals surface area contributed by atoms with Gasteiger partial charge in [-0.1, -0.05) is 6.07 Å². The Balaban J connectivity index is 2.20. The van der Waals surface area contributed by atoms with E-state index in [1.807, 2.05) is 0 Å². The Morgan fingerprint density at radius 2 is 2.27 bits per heavy atom. The second kappa shape index (κ2) is 3.98. The first-order valence-electron chi connectivity index (χ1n) is 4.86. The van der Waals surface area contributed by atoms with Crippen LogP contribution in [0.5, 0.6) is 0 Å². The quantitative estimate of drug-likeness (QED) is 0.739. The van der Waals surface area contributed by atoms with Gasteiger partial charge < -0.3 is 10.0 Å². The van der Waals surface area contributed by atoms with Gasteiger partial charge in [-0.05, 0) is 29.7 Å². The number of rotatable bonds is 1. The van der Waals surface area contributed by atoms with Gasteiger partial charge in [0.05, 0.1) is 0 Å². The molecule has 0 radical (unpaired) electrons. The molecule has 1 aliphatic rings. The summed E-state index contributed by atoms with van der Waals surface area (Å²) >= 11 is 0. The van der Waals surface area contributed by atoms with Gasteiger partial charge in [0.2, 0.25) is 5.91 Å². The van der Waals surface area contributed by atoms with Crippen molar-refractivity contribution in [2.24, 2.45) is 0 Å². The Labute approximate surface area is 87.1 Å². The largest absolute Gasteiger partial charge is 0.387 e. The highest BCUT2D eigenvalue weighted by molar-refractivity contribution is 5.77. The number of benzene rings is 1. The predicted octanol–water partition coefficient (Wildman–Crippen LogP) is 0.703.